The van der Waals surface area contributed by atoms with Crippen molar-refractivity contribution in [3.05, 3.63) is 78.1 Å². The topological polar surface area (TPSA) is 58.8 Å². The largest absolute Gasteiger partial charge is 0.497 e. The van der Waals surface area contributed by atoms with Crippen LogP contribution >= 0.6 is 0 Å². The number of rotatable bonds is 4. The monoisotopic (exact) mass is 431 g/mol. The van der Waals surface area contributed by atoms with Gasteiger partial charge in [0.2, 0.25) is 0 Å². The van der Waals surface area contributed by atoms with Crippen LogP contribution < -0.4 is 9.64 Å². The maximum Gasteiger partial charge on any atom is 0.254 e. The van der Waals surface area contributed by atoms with Crippen molar-refractivity contribution < 1.29 is 18.4 Å². The molecule has 0 N–H and O–H groups in total. The van der Waals surface area contributed by atoms with Gasteiger partial charge in [0.15, 0.2) is 5.76 Å². The Labute approximate surface area is 184 Å². The molecule has 1 aliphatic rings. The first-order chi connectivity index (χ1) is 15.6. The molecule has 0 spiro atoms. The van der Waals surface area contributed by atoms with Crippen molar-refractivity contribution in [3.8, 4) is 17.1 Å². The molecule has 0 unspecified atom stereocenters. The number of piperazine rings is 1. The molecule has 3 aromatic carbocycles. The first kappa shape index (κ1) is 20.1. The molecule has 32 heavy (non-hydrogen) atoms. The van der Waals surface area contributed by atoms with E-state index in [4.69, 9.17) is 9.26 Å². The van der Waals surface area contributed by atoms with E-state index in [1.165, 1.54) is 12.1 Å². The third-order valence-electron chi connectivity index (χ3n) is 5.83. The fourth-order valence-corrected chi connectivity index (χ4v) is 4.03. The molecule has 7 heteroatoms. The Bertz CT molecular complexity index is 1240. The molecular formula is C25H22FN3O3. The molecule has 0 bridgehead atoms. The smallest absolute Gasteiger partial charge is 0.254 e. The van der Waals surface area contributed by atoms with E-state index in [1.54, 1.807) is 31.4 Å². The van der Waals surface area contributed by atoms with E-state index in [9.17, 15) is 9.18 Å². The Morgan fingerprint density at radius 2 is 1.69 bits per heavy atom. The van der Waals surface area contributed by atoms with E-state index in [2.05, 4.69) is 10.1 Å². The summed E-state index contributed by atoms with van der Waals surface area (Å²) in [5.74, 6) is 1.01. The predicted octanol–water partition coefficient (Wildman–Crippen LogP) is 4.60. The van der Waals surface area contributed by atoms with E-state index < -0.39 is 0 Å². The average molecular weight is 431 g/mol. The molecule has 0 radical (unpaired) electrons. The Morgan fingerprint density at radius 3 is 2.38 bits per heavy atom. The number of carbonyl (C=O) groups is 1. The summed E-state index contributed by atoms with van der Waals surface area (Å²) in [6, 6.07) is 19.4. The van der Waals surface area contributed by atoms with Gasteiger partial charge in [-0.15, -0.1) is 0 Å². The molecule has 0 aliphatic carbocycles. The lowest BCUT2D eigenvalue weighted by Gasteiger charge is -2.36. The number of amides is 1. The molecule has 162 valence electrons. The number of methoxy groups -OCH3 is 1. The SMILES string of the molecule is COc1ccc(N2CCN(C(=O)c3ccc4noc(-c5ccc(F)cc5)c4c3)CC2)cc1. The van der Waals surface area contributed by atoms with Gasteiger partial charge < -0.3 is 19.1 Å². The summed E-state index contributed by atoms with van der Waals surface area (Å²) in [4.78, 5) is 17.3. The van der Waals surface area contributed by atoms with Gasteiger partial charge in [0.25, 0.3) is 5.91 Å². The number of benzene rings is 3. The third kappa shape index (κ3) is 3.77. The minimum atomic E-state index is -0.317. The molecule has 0 atom stereocenters. The molecule has 1 aliphatic heterocycles. The molecule has 1 amide bonds. The minimum Gasteiger partial charge on any atom is -0.497 e. The number of hydrogen-bond acceptors (Lipinski definition) is 5. The van der Waals surface area contributed by atoms with Crippen LogP contribution in [0.1, 0.15) is 10.4 Å². The van der Waals surface area contributed by atoms with Gasteiger partial charge in [-0.05, 0) is 66.7 Å². The van der Waals surface area contributed by atoms with Gasteiger partial charge in [-0.1, -0.05) is 5.16 Å². The number of aromatic nitrogens is 1. The highest BCUT2D eigenvalue weighted by atomic mass is 19.1. The molecule has 1 fully saturated rings. The van der Waals surface area contributed by atoms with Crippen LogP contribution in [0.3, 0.4) is 0 Å². The van der Waals surface area contributed by atoms with Crippen molar-refractivity contribution in [2.75, 3.05) is 38.2 Å². The second-order valence-corrected chi connectivity index (χ2v) is 7.73. The van der Waals surface area contributed by atoms with Crippen LogP contribution in [0.4, 0.5) is 10.1 Å². The summed E-state index contributed by atoms with van der Waals surface area (Å²) in [6.07, 6.45) is 0. The van der Waals surface area contributed by atoms with Crippen molar-refractivity contribution >= 4 is 22.5 Å². The molecule has 0 saturated carbocycles. The summed E-state index contributed by atoms with van der Waals surface area (Å²) in [5.41, 5.74) is 3.08. The van der Waals surface area contributed by atoms with Gasteiger partial charge in [-0.3, -0.25) is 4.79 Å². The zero-order valence-electron chi connectivity index (χ0n) is 17.6. The van der Waals surface area contributed by atoms with E-state index >= 15 is 0 Å². The molecule has 1 aromatic heterocycles. The average Bonchev–Trinajstić information content (AvgIpc) is 3.27. The van der Waals surface area contributed by atoms with Crippen molar-refractivity contribution in [1.82, 2.24) is 10.1 Å². The second kappa shape index (κ2) is 8.34. The fraction of sp³-hybridized carbons (Fsp3) is 0.200. The van der Waals surface area contributed by atoms with Gasteiger partial charge in [-0.2, -0.15) is 0 Å². The predicted molar refractivity (Wildman–Crippen MR) is 121 cm³/mol. The van der Waals surface area contributed by atoms with Crippen LogP contribution in [0, 0.1) is 5.82 Å². The summed E-state index contributed by atoms with van der Waals surface area (Å²) in [7, 11) is 1.65. The molecule has 2 heterocycles. The standard InChI is InChI=1S/C25H22FN3O3/c1-31-21-9-7-20(8-10-21)28-12-14-29(15-13-28)25(30)18-4-11-23-22(16-18)24(32-27-23)17-2-5-19(26)6-3-17/h2-11,16H,12-15H2,1H3. The number of anilines is 1. The number of halogens is 1. The number of fused-ring (bicyclic) bond motifs is 1. The molecule has 6 nitrogen and oxygen atoms in total. The first-order valence-electron chi connectivity index (χ1n) is 10.5. The van der Waals surface area contributed by atoms with Crippen LogP contribution in [0.25, 0.3) is 22.2 Å². The van der Waals surface area contributed by atoms with Gasteiger partial charge in [0.05, 0.1) is 12.5 Å². The minimum absolute atomic E-state index is 0.0208. The van der Waals surface area contributed by atoms with Gasteiger partial charge in [-0.25, -0.2) is 4.39 Å². The zero-order valence-corrected chi connectivity index (χ0v) is 17.6. The van der Waals surface area contributed by atoms with E-state index in [0.717, 1.165) is 29.9 Å². The highest BCUT2D eigenvalue weighted by molar-refractivity contribution is 6.01. The fourth-order valence-electron chi connectivity index (χ4n) is 4.03. The molecular weight excluding hydrogens is 409 g/mol. The maximum atomic E-state index is 13.3. The number of hydrogen-bond donors (Lipinski definition) is 0. The Morgan fingerprint density at radius 1 is 0.969 bits per heavy atom. The lowest BCUT2D eigenvalue weighted by molar-refractivity contribution is 0.0747. The van der Waals surface area contributed by atoms with Gasteiger partial charge >= 0.3 is 0 Å². The first-order valence-corrected chi connectivity index (χ1v) is 10.5. The highest BCUT2D eigenvalue weighted by Gasteiger charge is 2.23. The normalized spacial score (nSPS) is 14.1. The number of ether oxygens (including phenoxy) is 1. The van der Waals surface area contributed by atoms with Gasteiger partial charge in [0, 0.05) is 43.0 Å². The second-order valence-electron chi connectivity index (χ2n) is 7.73. The zero-order chi connectivity index (χ0) is 22.1. The van der Waals surface area contributed by atoms with Crippen LogP contribution in [-0.2, 0) is 0 Å². The van der Waals surface area contributed by atoms with E-state index in [1.807, 2.05) is 35.2 Å². The lowest BCUT2D eigenvalue weighted by Crippen LogP contribution is -2.48. The van der Waals surface area contributed by atoms with Crippen LogP contribution in [0.2, 0.25) is 0 Å². The number of carbonyl (C=O) groups excluding carboxylic acids is 1. The van der Waals surface area contributed by atoms with Crippen LogP contribution in [0.5, 0.6) is 5.75 Å². The summed E-state index contributed by atoms with van der Waals surface area (Å²) in [6.45, 7) is 2.79. The van der Waals surface area contributed by atoms with Crippen molar-refractivity contribution in [3.63, 3.8) is 0 Å². The highest BCUT2D eigenvalue weighted by Crippen LogP contribution is 2.30. The Kier molecular flexibility index (Phi) is 5.23. The molecule has 4 aromatic rings. The van der Waals surface area contributed by atoms with Crippen LogP contribution in [-0.4, -0.2) is 49.3 Å². The van der Waals surface area contributed by atoms with Crippen molar-refractivity contribution in [2.45, 2.75) is 0 Å². The summed E-state index contributed by atoms with van der Waals surface area (Å²) < 4.78 is 24.0. The summed E-state index contributed by atoms with van der Waals surface area (Å²) >= 11 is 0. The third-order valence-corrected chi connectivity index (χ3v) is 5.83. The quantitative estimate of drug-likeness (QED) is 0.473. The van der Waals surface area contributed by atoms with Gasteiger partial charge in [0.1, 0.15) is 17.1 Å². The number of nitrogens with zero attached hydrogens (tertiary/aromatic N) is 3. The Hall–Kier alpha value is -3.87. The maximum absolute atomic E-state index is 13.3. The van der Waals surface area contributed by atoms with E-state index in [-0.39, 0.29) is 11.7 Å². The Balaban J connectivity index is 1.32. The lowest BCUT2D eigenvalue weighted by atomic mass is 10.1. The van der Waals surface area contributed by atoms with Crippen molar-refractivity contribution in [1.29, 1.82) is 0 Å². The molecule has 5 rings (SSSR count). The summed E-state index contributed by atoms with van der Waals surface area (Å²) in [5, 5.41) is 4.81. The molecule has 1 saturated heterocycles. The van der Waals surface area contributed by atoms with Crippen molar-refractivity contribution in [2.24, 2.45) is 0 Å². The van der Waals surface area contributed by atoms with Crippen LogP contribution in [0.15, 0.2) is 71.3 Å². The van der Waals surface area contributed by atoms with E-state index in [0.29, 0.717) is 35.5 Å².